The zero-order valence-electron chi connectivity index (χ0n) is 17.9. The summed E-state index contributed by atoms with van der Waals surface area (Å²) in [7, 11) is 1.65. The van der Waals surface area contributed by atoms with E-state index in [1.165, 1.54) is 0 Å². The number of anilines is 1. The van der Waals surface area contributed by atoms with Crippen molar-refractivity contribution in [3.63, 3.8) is 0 Å². The highest BCUT2D eigenvalue weighted by Gasteiger charge is 2.32. The van der Waals surface area contributed by atoms with Gasteiger partial charge in [0.05, 0.1) is 7.11 Å². The molecule has 0 spiro atoms. The van der Waals surface area contributed by atoms with Crippen molar-refractivity contribution in [2.45, 2.75) is 44.6 Å². The average Bonchev–Trinajstić information content (AvgIpc) is 3.11. The van der Waals surface area contributed by atoms with Crippen molar-refractivity contribution in [2.75, 3.05) is 25.1 Å². The first-order valence-corrected chi connectivity index (χ1v) is 10.3. The highest BCUT2D eigenvalue weighted by Crippen LogP contribution is 2.38. The van der Waals surface area contributed by atoms with Crippen LogP contribution in [-0.2, 0) is 15.1 Å². The molecule has 1 heterocycles. The van der Waals surface area contributed by atoms with Crippen molar-refractivity contribution in [2.24, 2.45) is 0 Å². The summed E-state index contributed by atoms with van der Waals surface area (Å²) >= 11 is 0. The summed E-state index contributed by atoms with van der Waals surface area (Å²) in [5, 5.41) is 12.5. The molecule has 1 aliphatic rings. The molecule has 2 N–H and O–H groups in total. The molecule has 1 unspecified atom stereocenters. The Bertz CT molecular complexity index is 910. The smallest absolute Gasteiger partial charge is 0.303 e. The third-order valence-electron chi connectivity index (χ3n) is 5.78. The van der Waals surface area contributed by atoms with Gasteiger partial charge in [-0.15, -0.1) is 0 Å². The van der Waals surface area contributed by atoms with Crippen LogP contribution in [0.25, 0.3) is 0 Å². The molecular formula is C24H30N2O4. The fourth-order valence-corrected chi connectivity index (χ4v) is 4.01. The summed E-state index contributed by atoms with van der Waals surface area (Å²) in [6.07, 6.45) is 1.02. The van der Waals surface area contributed by atoms with Gasteiger partial charge in [0.15, 0.2) is 0 Å². The lowest BCUT2D eigenvalue weighted by atomic mass is 9.94. The van der Waals surface area contributed by atoms with E-state index < -0.39 is 5.97 Å². The lowest BCUT2D eigenvalue weighted by molar-refractivity contribution is -0.137. The predicted molar refractivity (Wildman–Crippen MR) is 117 cm³/mol. The van der Waals surface area contributed by atoms with Gasteiger partial charge in [-0.3, -0.25) is 9.59 Å². The Balaban J connectivity index is 1.61. The van der Waals surface area contributed by atoms with Gasteiger partial charge in [-0.2, -0.15) is 0 Å². The van der Waals surface area contributed by atoms with E-state index in [-0.39, 0.29) is 23.8 Å². The van der Waals surface area contributed by atoms with Crippen molar-refractivity contribution < 1.29 is 19.4 Å². The number of methoxy groups -OCH3 is 1. The van der Waals surface area contributed by atoms with Crippen LogP contribution in [0.15, 0.2) is 48.5 Å². The number of carbonyl (C=O) groups is 2. The number of nitrogens with zero attached hydrogens (tertiary/aromatic N) is 1. The number of para-hydroxylation sites is 1. The number of carbonyl (C=O) groups excluding carboxylic acids is 1. The number of fused-ring (bicyclic) bond motifs is 1. The zero-order valence-corrected chi connectivity index (χ0v) is 17.9. The molecule has 0 bridgehead atoms. The molecule has 0 aliphatic carbocycles. The van der Waals surface area contributed by atoms with Crippen LogP contribution >= 0.6 is 0 Å². The Morgan fingerprint density at radius 1 is 1.17 bits per heavy atom. The molecule has 1 amide bonds. The number of nitrogens with one attached hydrogen (secondary N) is 1. The quantitative estimate of drug-likeness (QED) is 0.655. The summed E-state index contributed by atoms with van der Waals surface area (Å²) in [6, 6.07) is 15.7. The van der Waals surface area contributed by atoms with E-state index in [1.54, 1.807) is 7.11 Å². The minimum atomic E-state index is -0.804. The predicted octanol–water partition coefficient (Wildman–Crippen LogP) is 3.91. The van der Waals surface area contributed by atoms with Crippen LogP contribution in [-0.4, -0.2) is 37.2 Å². The standard InChI is InChI=1S/C24H30N2O4/c1-24(2,18-7-6-8-19(15-18)30-3)25-14-13-22(27)26-16-17(11-12-23(28)29)20-9-4-5-10-21(20)26/h4-10,15,17,25H,11-14,16H2,1-3H3,(H,28,29). The van der Waals surface area contributed by atoms with Gasteiger partial charge >= 0.3 is 5.97 Å². The average molecular weight is 411 g/mol. The Morgan fingerprint density at radius 2 is 1.93 bits per heavy atom. The SMILES string of the molecule is COc1cccc(C(C)(C)NCCC(=O)N2CC(CCC(=O)O)c3ccccc32)c1. The Morgan fingerprint density at radius 3 is 2.67 bits per heavy atom. The molecule has 0 aromatic heterocycles. The van der Waals surface area contributed by atoms with Crippen LogP contribution in [0, 0.1) is 0 Å². The first kappa shape index (κ1) is 21.8. The van der Waals surface area contributed by atoms with Gasteiger partial charge in [0.1, 0.15) is 5.75 Å². The van der Waals surface area contributed by atoms with Gasteiger partial charge in [-0.25, -0.2) is 0 Å². The maximum atomic E-state index is 13.0. The molecule has 1 atom stereocenters. The first-order chi connectivity index (χ1) is 14.3. The lowest BCUT2D eigenvalue weighted by Crippen LogP contribution is -2.40. The molecule has 30 heavy (non-hydrogen) atoms. The van der Waals surface area contributed by atoms with Gasteiger partial charge in [-0.05, 0) is 49.6 Å². The van der Waals surface area contributed by atoms with E-state index in [1.807, 2.05) is 53.4 Å². The van der Waals surface area contributed by atoms with Crippen LogP contribution in [0.5, 0.6) is 5.75 Å². The van der Waals surface area contributed by atoms with Crippen LogP contribution in [0.1, 0.15) is 50.2 Å². The molecule has 0 saturated carbocycles. The van der Waals surface area contributed by atoms with Crippen LogP contribution < -0.4 is 15.0 Å². The number of carboxylic acid groups (broad SMARTS) is 1. The molecule has 0 fully saturated rings. The fourth-order valence-electron chi connectivity index (χ4n) is 4.01. The second kappa shape index (κ2) is 9.30. The normalized spacial score (nSPS) is 15.7. The number of rotatable bonds is 9. The highest BCUT2D eigenvalue weighted by atomic mass is 16.5. The van der Waals surface area contributed by atoms with Crippen LogP contribution in [0.2, 0.25) is 0 Å². The van der Waals surface area contributed by atoms with Crippen molar-refractivity contribution in [1.29, 1.82) is 0 Å². The van der Waals surface area contributed by atoms with Crippen molar-refractivity contribution in [3.05, 3.63) is 59.7 Å². The van der Waals surface area contributed by atoms with E-state index in [2.05, 4.69) is 19.2 Å². The molecule has 2 aromatic rings. The molecule has 160 valence electrons. The van der Waals surface area contributed by atoms with Gasteiger partial charge in [0.2, 0.25) is 5.91 Å². The van der Waals surface area contributed by atoms with E-state index in [9.17, 15) is 9.59 Å². The summed E-state index contributed by atoms with van der Waals surface area (Å²) < 4.78 is 5.31. The summed E-state index contributed by atoms with van der Waals surface area (Å²) in [5.41, 5.74) is 2.76. The van der Waals surface area contributed by atoms with Crippen molar-refractivity contribution in [1.82, 2.24) is 5.32 Å². The molecule has 0 saturated heterocycles. The highest BCUT2D eigenvalue weighted by molar-refractivity contribution is 5.96. The third kappa shape index (κ3) is 5.00. The third-order valence-corrected chi connectivity index (χ3v) is 5.78. The Kier molecular flexibility index (Phi) is 6.77. The number of benzene rings is 2. The molecule has 6 heteroatoms. The maximum absolute atomic E-state index is 13.0. The molecule has 0 radical (unpaired) electrons. The van der Waals surface area contributed by atoms with E-state index in [0.717, 1.165) is 22.6 Å². The van der Waals surface area contributed by atoms with Crippen molar-refractivity contribution in [3.8, 4) is 5.75 Å². The van der Waals surface area contributed by atoms with Gasteiger partial charge in [-0.1, -0.05) is 30.3 Å². The van der Waals surface area contributed by atoms with Crippen LogP contribution in [0.4, 0.5) is 5.69 Å². The van der Waals surface area contributed by atoms with Gasteiger partial charge in [0.25, 0.3) is 0 Å². The first-order valence-electron chi connectivity index (χ1n) is 10.3. The molecule has 3 rings (SSSR count). The number of ether oxygens (including phenoxy) is 1. The van der Waals surface area contributed by atoms with Gasteiger partial charge in [0, 0.05) is 43.1 Å². The monoisotopic (exact) mass is 410 g/mol. The minimum Gasteiger partial charge on any atom is -0.497 e. The second-order valence-electron chi connectivity index (χ2n) is 8.23. The molecule has 6 nitrogen and oxygen atoms in total. The Hall–Kier alpha value is -2.86. The van der Waals surface area contributed by atoms with Crippen LogP contribution in [0.3, 0.4) is 0 Å². The van der Waals surface area contributed by atoms with E-state index in [4.69, 9.17) is 9.84 Å². The summed E-state index contributed by atoms with van der Waals surface area (Å²) in [5.74, 6) is 0.123. The summed E-state index contributed by atoms with van der Waals surface area (Å²) in [6.45, 7) is 5.25. The zero-order chi connectivity index (χ0) is 21.7. The number of hydrogen-bond donors (Lipinski definition) is 2. The number of hydrogen-bond acceptors (Lipinski definition) is 4. The van der Waals surface area contributed by atoms with Gasteiger partial charge < -0.3 is 20.1 Å². The molecular weight excluding hydrogens is 380 g/mol. The van der Waals surface area contributed by atoms with E-state index in [0.29, 0.717) is 25.9 Å². The molecule has 2 aromatic carbocycles. The number of aliphatic carboxylic acids is 1. The minimum absolute atomic E-state index is 0.0502. The largest absolute Gasteiger partial charge is 0.497 e. The Labute approximate surface area is 177 Å². The summed E-state index contributed by atoms with van der Waals surface area (Å²) in [4.78, 5) is 25.8. The van der Waals surface area contributed by atoms with Crippen molar-refractivity contribution >= 4 is 17.6 Å². The lowest BCUT2D eigenvalue weighted by Gasteiger charge is -2.28. The molecule has 1 aliphatic heterocycles. The number of amides is 1. The fraction of sp³-hybridized carbons (Fsp3) is 0.417. The second-order valence-corrected chi connectivity index (χ2v) is 8.23. The number of carboxylic acids is 1. The topological polar surface area (TPSA) is 78.9 Å². The van der Waals surface area contributed by atoms with E-state index >= 15 is 0 Å². The maximum Gasteiger partial charge on any atom is 0.303 e.